The van der Waals surface area contributed by atoms with Crippen LogP contribution in [0, 0.1) is 0 Å². The maximum atomic E-state index is 11.0. The van der Waals surface area contributed by atoms with Crippen molar-refractivity contribution >= 4 is 5.97 Å². The first kappa shape index (κ1) is 11.3. The fourth-order valence-electron chi connectivity index (χ4n) is 1.17. The summed E-state index contributed by atoms with van der Waals surface area (Å²) >= 11 is 0. The summed E-state index contributed by atoms with van der Waals surface area (Å²) in [4.78, 5) is 11.0. The zero-order chi connectivity index (χ0) is 10.9. The third-order valence-corrected chi connectivity index (χ3v) is 2.02. The molecule has 14 heavy (non-hydrogen) atoms. The van der Waals surface area contributed by atoms with Gasteiger partial charge in [0.2, 0.25) is 0 Å². The lowest BCUT2D eigenvalue weighted by molar-refractivity contribution is -0.280. The molecule has 0 amide bonds. The van der Waals surface area contributed by atoms with Gasteiger partial charge in [0.1, 0.15) is 18.3 Å². The summed E-state index contributed by atoms with van der Waals surface area (Å²) in [6.07, 6.45) is -8.14. The number of carbonyl (C=O) groups is 1. The summed E-state index contributed by atoms with van der Waals surface area (Å²) in [6.45, 7) is 0. The number of aliphatic hydroxyl groups is 4. The van der Waals surface area contributed by atoms with Crippen LogP contribution in [0.3, 0.4) is 0 Å². The zero-order valence-corrected chi connectivity index (χ0v) is 7.40. The summed E-state index contributed by atoms with van der Waals surface area (Å²) < 4.78 is 8.82. The Morgan fingerprint density at radius 3 is 2.21 bits per heavy atom. The van der Waals surface area contributed by atoms with Crippen LogP contribution in [-0.4, -0.2) is 64.2 Å². The Bertz CT molecular complexity index is 218. The molecule has 1 rings (SSSR count). The number of ether oxygens (including phenoxy) is 2. The number of aliphatic hydroxyl groups excluding tert-OH is 4. The molecular formula is C7H12O7. The lowest BCUT2D eigenvalue weighted by atomic mass is 9.99. The van der Waals surface area contributed by atoms with Crippen molar-refractivity contribution in [2.75, 3.05) is 7.11 Å². The minimum absolute atomic E-state index is 0.928. The molecule has 7 heteroatoms. The Morgan fingerprint density at radius 1 is 1.14 bits per heavy atom. The van der Waals surface area contributed by atoms with Gasteiger partial charge in [0.25, 0.3) is 0 Å². The number of methoxy groups -OCH3 is 1. The fourth-order valence-corrected chi connectivity index (χ4v) is 1.17. The molecule has 0 aliphatic carbocycles. The van der Waals surface area contributed by atoms with Gasteiger partial charge in [-0.15, -0.1) is 0 Å². The predicted octanol–water partition coefficient (Wildman–Crippen LogP) is -3.04. The summed E-state index contributed by atoms with van der Waals surface area (Å²) in [7, 11) is 1.07. The highest BCUT2D eigenvalue weighted by molar-refractivity contribution is 5.75. The number of hydrogen-bond donors (Lipinski definition) is 4. The third-order valence-electron chi connectivity index (χ3n) is 2.02. The number of rotatable bonds is 1. The van der Waals surface area contributed by atoms with Gasteiger partial charge in [-0.2, -0.15) is 0 Å². The smallest absolute Gasteiger partial charge is 0.337 e. The molecule has 7 nitrogen and oxygen atoms in total. The molecule has 0 unspecified atom stereocenters. The normalized spacial score (nSPS) is 43.4. The highest BCUT2D eigenvalue weighted by Crippen LogP contribution is 2.20. The molecule has 82 valence electrons. The number of carbonyl (C=O) groups excluding carboxylic acids is 1. The highest BCUT2D eigenvalue weighted by atomic mass is 16.7. The molecule has 0 radical (unpaired) electrons. The molecule has 5 atom stereocenters. The standard InChI is InChI=1S/C7H12O7/c1-13-7(12)5-3(9)2(8)4(10)6(11)14-5/h2-6,8-11H,1H3/t2-,3+,4+,5-,6+/m0/s1. The van der Waals surface area contributed by atoms with Crippen molar-refractivity contribution in [2.45, 2.75) is 30.7 Å². The van der Waals surface area contributed by atoms with Crippen molar-refractivity contribution in [3.63, 3.8) is 0 Å². The van der Waals surface area contributed by atoms with Crippen molar-refractivity contribution in [2.24, 2.45) is 0 Å². The summed E-state index contributed by atoms with van der Waals surface area (Å²) in [5.41, 5.74) is 0. The minimum Gasteiger partial charge on any atom is -0.467 e. The topological polar surface area (TPSA) is 116 Å². The SMILES string of the molecule is COC(=O)[C@H]1O[C@@H](O)[C@H](O)[C@@H](O)[C@H]1O. The van der Waals surface area contributed by atoms with Gasteiger partial charge in [0.15, 0.2) is 12.4 Å². The van der Waals surface area contributed by atoms with E-state index in [-0.39, 0.29) is 0 Å². The molecule has 0 saturated carbocycles. The molecule has 1 aliphatic rings. The first-order valence-electron chi connectivity index (χ1n) is 3.94. The van der Waals surface area contributed by atoms with Crippen molar-refractivity contribution in [1.82, 2.24) is 0 Å². The van der Waals surface area contributed by atoms with Crippen LogP contribution in [0.25, 0.3) is 0 Å². The van der Waals surface area contributed by atoms with Crippen LogP contribution < -0.4 is 0 Å². The van der Waals surface area contributed by atoms with E-state index in [2.05, 4.69) is 9.47 Å². The Balaban J connectivity index is 2.75. The van der Waals surface area contributed by atoms with Crippen molar-refractivity contribution < 1.29 is 34.7 Å². The zero-order valence-electron chi connectivity index (χ0n) is 7.40. The van der Waals surface area contributed by atoms with Crippen molar-refractivity contribution in [1.29, 1.82) is 0 Å². The van der Waals surface area contributed by atoms with E-state index >= 15 is 0 Å². The first-order valence-corrected chi connectivity index (χ1v) is 3.94. The van der Waals surface area contributed by atoms with E-state index in [1.165, 1.54) is 0 Å². The number of esters is 1. The molecule has 0 aromatic heterocycles. The summed E-state index contributed by atoms with van der Waals surface area (Å²) in [5, 5.41) is 36.5. The Morgan fingerprint density at radius 2 is 1.71 bits per heavy atom. The lowest BCUT2D eigenvalue weighted by Gasteiger charge is -2.36. The number of hydrogen-bond acceptors (Lipinski definition) is 7. The van der Waals surface area contributed by atoms with Gasteiger partial charge in [-0.05, 0) is 0 Å². The quantitative estimate of drug-likeness (QED) is 0.338. The average molecular weight is 208 g/mol. The summed E-state index contributed by atoms with van der Waals surface area (Å²) in [6, 6.07) is 0. The molecule has 1 heterocycles. The molecule has 0 spiro atoms. The van der Waals surface area contributed by atoms with Gasteiger partial charge in [0.05, 0.1) is 7.11 Å². The van der Waals surface area contributed by atoms with Crippen molar-refractivity contribution in [3.8, 4) is 0 Å². The van der Waals surface area contributed by atoms with Crippen molar-refractivity contribution in [3.05, 3.63) is 0 Å². The maximum absolute atomic E-state index is 11.0. The Hall–Kier alpha value is -0.730. The van der Waals surface area contributed by atoms with Crippen LogP contribution in [0.15, 0.2) is 0 Å². The van der Waals surface area contributed by atoms with Gasteiger partial charge in [0, 0.05) is 0 Å². The average Bonchev–Trinajstić information content (AvgIpc) is 2.19. The van der Waals surface area contributed by atoms with E-state index in [9.17, 15) is 15.0 Å². The van der Waals surface area contributed by atoms with Gasteiger partial charge in [-0.25, -0.2) is 4.79 Å². The molecule has 0 bridgehead atoms. The largest absolute Gasteiger partial charge is 0.467 e. The van der Waals surface area contributed by atoms with E-state index in [1.807, 2.05) is 0 Å². The van der Waals surface area contributed by atoms with E-state index in [0.29, 0.717) is 0 Å². The fraction of sp³-hybridized carbons (Fsp3) is 0.857. The molecule has 4 N–H and O–H groups in total. The van der Waals surface area contributed by atoms with Crippen LogP contribution in [0.4, 0.5) is 0 Å². The molecular weight excluding hydrogens is 196 g/mol. The van der Waals surface area contributed by atoms with Gasteiger partial charge in [-0.3, -0.25) is 0 Å². The molecule has 1 aliphatic heterocycles. The molecule has 1 saturated heterocycles. The van der Waals surface area contributed by atoms with Gasteiger partial charge in [-0.1, -0.05) is 0 Å². The van der Waals surface area contributed by atoms with E-state index in [4.69, 9.17) is 10.2 Å². The summed E-state index contributed by atoms with van der Waals surface area (Å²) in [5.74, 6) is -0.928. The monoisotopic (exact) mass is 208 g/mol. The van der Waals surface area contributed by atoms with Gasteiger partial charge >= 0.3 is 5.97 Å². The Kier molecular flexibility index (Phi) is 3.40. The maximum Gasteiger partial charge on any atom is 0.337 e. The second-order valence-corrected chi connectivity index (χ2v) is 2.94. The minimum atomic E-state index is -1.72. The van der Waals surface area contributed by atoms with Gasteiger partial charge < -0.3 is 29.9 Å². The van der Waals surface area contributed by atoms with Crippen LogP contribution in [0.2, 0.25) is 0 Å². The van der Waals surface area contributed by atoms with E-state index in [0.717, 1.165) is 7.11 Å². The van der Waals surface area contributed by atoms with Crippen LogP contribution in [-0.2, 0) is 14.3 Å². The van der Waals surface area contributed by atoms with Crippen LogP contribution in [0.5, 0.6) is 0 Å². The molecule has 0 aromatic rings. The lowest BCUT2D eigenvalue weighted by Crippen LogP contribution is -2.59. The second kappa shape index (κ2) is 4.20. The molecule has 1 fully saturated rings. The van der Waals surface area contributed by atoms with E-state index < -0.39 is 36.7 Å². The van der Waals surface area contributed by atoms with Crippen LogP contribution >= 0.6 is 0 Å². The van der Waals surface area contributed by atoms with E-state index in [1.54, 1.807) is 0 Å². The molecule has 0 aromatic carbocycles. The highest BCUT2D eigenvalue weighted by Gasteiger charge is 2.46. The first-order chi connectivity index (χ1) is 6.49. The van der Waals surface area contributed by atoms with Crippen LogP contribution in [0.1, 0.15) is 0 Å². The predicted molar refractivity (Wildman–Crippen MR) is 40.9 cm³/mol. The third kappa shape index (κ3) is 1.86. The second-order valence-electron chi connectivity index (χ2n) is 2.94. The Labute approximate surface area is 79.5 Å².